The van der Waals surface area contributed by atoms with Crippen molar-refractivity contribution in [2.45, 2.75) is 25.8 Å². The number of hydrogen-bond donors (Lipinski definition) is 1. The number of halogens is 1. The van der Waals surface area contributed by atoms with Crippen LogP contribution in [-0.2, 0) is 6.54 Å². The number of nitrogens with one attached hydrogen (secondary N) is 1. The predicted molar refractivity (Wildman–Crippen MR) is 127 cm³/mol. The first-order valence-corrected chi connectivity index (χ1v) is 9.70. The third-order valence-corrected chi connectivity index (χ3v) is 5.30. The Balaban J connectivity index is 0.00000240. The van der Waals surface area contributed by atoms with E-state index in [0.717, 1.165) is 42.7 Å². The van der Waals surface area contributed by atoms with Gasteiger partial charge in [0, 0.05) is 51.2 Å². The second-order valence-corrected chi connectivity index (χ2v) is 7.11. The van der Waals surface area contributed by atoms with E-state index in [2.05, 4.69) is 61.6 Å². The van der Waals surface area contributed by atoms with E-state index in [1.807, 2.05) is 37.0 Å². The molecule has 0 spiro atoms. The van der Waals surface area contributed by atoms with E-state index in [4.69, 9.17) is 0 Å². The number of nitrogens with zero attached hydrogens (tertiary/aromatic N) is 5. The Labute approximate surface area is 189 Å². The van der Waals surface area contributed by atoms with Crippen LogP contribution in [0.15, 0.2) is 66.0 Å². The number of likely N-dealkylation sites (tertiary alicyclic amines) is 1. The molecule has 1 aliphatic heterocycles. The molecule has 2 aromatic heterocycles. The molecule has 7 heteroatoms. The molecule has 1 aliphatic rings. The second-order valence-electron chi connectivity index (χ2n) is 7.11. The molecule has 3 aromatic rings. The van der Waals surface area contributed by atoms with E-state index in [-0.39, 0.29) is 24.0 Å². The zero-order valence-electron chi connectivity index (χ0n) is 16.8. The van der Waals surface area contributed by atoms with Crippen molar-refractivity contribution in [3.05, 3.63) is 78.0 Å². The van der Waals surface area contributed by atoms with Gasteiger partial charge in [-0.1, -0.05) is 36.4 Å². The minimum Gasteiger partial charge on any atom is -0.352 e. The predicted octanol–water partition coefficient (Wildman–Crippen LogP) is 3.76. The van der Waals surface area contributed by atoms with Gasteiger partial charge in [-0.2, -0.15) is 0 Å². The van der Waals surface area contributed by atoms with E-state index >= 15 is 0 Å². The minimum absolute atomic E-state index is 0. The van der Waals surface area contributed by atoms with E-state index in [0.29, 0.717) is 12.5 Å². The van der Waals surface area contributed by atoms with Gasteiger partial charge in [0.15, 0.2) is 5.96 Å². The standard InChI is InChI=1S/C22H26N6.HI/c1-17-24-11-13-28(17)21-9-8-18(14-25-21)15-26-22(23-2)27-12-10-20(16-27)19-6-4-3-5-7-19;/h3-9,11,13-14,20H,10,12,15-16H2,1-2H3,(H,23,26);1H. The number of aliphatic imine (C=N–C) groups is 1. The summed E-state index contributed by atoms with van der Waals surface area (Å²) in [6.07, 6.45) is 6.78. The van der Waals surface area contributed by atoms with Gasteiger partial charge in [-0.25, -0.2) is 9.97 Å². The number of hydrogen-bond acceptors (Lipinski definition) is 3. The zero-order valence-corrected chi connectivity index (χ0v) is 19.2. The van der Waals surface area contributed by atoms with Crippen molar-refractivity contribution in [2.75, 3.05) is 20.1 Å². The molecule has 1 fully saturated rings. The first kappa shape index (κ1) is 21.3. The Morgan fingerprint density at radius 3 is 2.66 bits per heavy atom. The Morgan fingerprint density at radius 2 is 2.00 bits per heavy atom. The lowest BCUT2D eigenvalue weighted by molar-refractivity contribution is 0.486. The number of aryl methyl sites for hydroxylation is 1. The Morgan fingerprint density at radius 1 is 1.17 bits per heavy atom. The molecule has 152 valence electrons. The monoisotopic (exact) mass is 502 g/mol. The molecule has 4 rings (SSSR count). The van der Waals surface area contributed by atoms with Gasteiger partial charge in [-0.3, -0.25) is 9.56 Å². The van der Waals surface area contributed by atoms with Crippen molar-refractivity contribution in [3.8, 4) is 5.82 Å². The fraction of sp³-hybridized carbons (Fsp3) is 0.318. The summed E-state index contributed by atoms with van der Waals surface area (Å²) >= 11 is 0. The summed E-state index contributed by atoms with van der Waals surface area (Å²) in [5.74, 6) is 3.33. The molecule has 0 amide bonds. The highest BCUT2D eigenvalue weighted by molar-refractivity contribution is 14.0. The maximum Gasteiger partial charge on any atom is 0.193 e. The summed E-state index contributed by atoms with van der Waals surface area (Å²) in [6, 6.07) is 14.9. The average Bonchev–Trinajstić information content (AvgIpc) is 3.39. The Kier molecular flexibility index (Phi) is 7.24. The number of guanidine groups is 1. The normalized spacial score (nSPS) is 16.6. The Hall–Kier alpha value is -2.42. The molecule has 0 saturated carbocycles. The van der Waals surface area contributed by atoms with Crippen molar-refractivity contribution in [1.82, 2.24) is 24.8 Å². The van der Waals surface area contributed by atoms with Crippen LogP contribution >= 0.6 is 24.0 Å². The van der Waals surface area contributed by atoms with Crippen molar-refractivity contribution in [2.24, 2.45) is 4.99 Å². The van der Waals surface area contributed by atoms with Crippen molar-refractivity contribution in [3.63, 3.8) is 0 Å². The summed E-state index contributed by atoms with van der Waals surface area (Å²) in [6.45, 7) is 4.70. The smallest absolute Gasteiger partial charge is 0.193 e. The highest BCUT2D eigenvalue weighted by atomic mass is 127. The van der Waals surface area contributed by atoms with Gasteiger partial charge in [-0.15, -0.1) is 24.0 Å². The average molecular weight is 502 g/mol. The summed E-state index contributed by atoms with van der Waals surface area (Å²) in [4.78, 5) is 15.6. The number of imidazole rings is 1. The molecule has 29 heavy (non-hydrogen) atoms. The summed E-state index contributed by atoms with van der Waals surface area (Å²) in [5.41, 5.74) is 2.54. The van der Waals surface area contributed by atoms with Crippen LogP contribution in [0.5, 0.6) is 0 Å². The number of aromatic nitrogens is 3. The Bertz CT molecular complexity index is 935. The molecule has 1 N–H and O–H groups in total. The summed E-state index contributed by atoms with van der Waals surface area (Å²) < 4.78 is 1.98. The summed E-state index contributed by atoms with van der Waals surface area (Å²) in [5, 5.41) is 3.48. The van der Waals surface area contributed by atoms with Crippen molar-refractivity contribution in [1.29, 1.82) is 0 Å². The maximum atomic E-state index is 4.56. The molecular weight excluding hydrogens is 475 g/mol. The van der Waals surface area contributed by atoms with Gasteiger partial charge in [0.2, 0.25) is 0 Å². The van der Waals surface area contributed by atoms with Gasteiger partial charge in [0.1, 0.15) is 11.6 Å². The first-order valence-electron chi connectivity index (χ1n) is 9.70. The molecule has 6 nitrogen and oxygen atoms in total. The molecule has 0 aliphatic carbocycles. The number of pyridine rings is 1. The van der Waals surface area contributed by atoms with Crippen LogP contribution in [0.4, 0.5) is 0 Å². The lowest BCUT2D eigenvalue weighted by Gasteiger charge is -2.22. The molecule has 1 atom stereocenters. The SMILES string of the molecule is CN=C(NCc1ccc(-n2ccnc2C)nc1)N1CCC(c2ccccc2)C1.I. The van der Waals surface area contributed by atoms with Crippen molar-refractivity contribution >= 4 is 29.9 Å². The van der Waals surface area contributed by atoms with Crippen molar-refractivity contribution < 1.29 is 0 Å². The van der Waals surface area contributed by atoms with Gasteiger partial charge < -0.3 is 10.2 Å². The van der Waals surface area contributed by atoms with Crippen LogP contribution in [-0.4, -0.2) is 45.5 Å². The van der Waals surface area contributed by atoms with Crippen LogP contribution in [0.25, 0.3) is 5.82 Å². The maximum absolute atomic E-state index is 4.56. The van der Waals surface area contributed by atoms with Crippen LogP contribution in [0.2, 0.25) is 0 Å². The van der Waals surface area contributed by atoms with E-state index in [9.17, 15) is 0 Å². The summed E-state index contributed by atoms with van der Waals surface area (Å²) in [7, 11) is 1.85. The van der Waals surface area contributed by atoms with E-state index in [1.54, 1.807) is 6.20 Å². The molecule has 1 aromatic carbocycles. The van der Waals surface area contributed by atoms with Gasteiger partial charge in [0.25, 0.3) is 0 Å². The van der Waals surface area contributed by atoms with Crippen LogP contribution < -0.4 is 5.32 Å². The first-order chi connectivity index (χ1) is 13.7. The van der Waals surface area contributed by atoms with Gasteiger partial charge in [-0.05, 0) is 30.5 Å². The quantitative estimate of drug-likeness (QED) is 0.336. The van der Waals surface area contributed by atoms with Crippen LogP contribution in [0, 0.1) is 6.92 Å². The van der Waals surface area contributed by atoms with Gasteiger partial charge >= 0.3 is 0 Å². The topological polar surface area (TPSA) is 58.3 Å². The largest absolute Gasteiger partial charge is 0.352 e. The number of rotatable bonds is 4. The lowest BCUT2D eigenvalue weighted by Crippen LogP contribution is -2.39. The zero-order chi connectivity index (χ0) is 19.3. The second kappa shape index (κ2) is 9.87. The fourth-order valence-corrected chi connectivity index (χ4v) is 3.75. The van der Waals surface area contributed by atoms with Gasteiger partial charge in [0.05, 0.1) is 0 Å². The van der Waals surface area contributed by atoms with Crippen LogP contribution in [0.3, 0.4) is 0 Å². The molecule has 3 heterocycles. The molecule has 0 radical (unpaired) electrons. The molecule has 1 unspecified atom stereocenters. The third-order valence-electron chi connectivity index (χ3n) is 5.30. The molecule has 0 bridgehead atoms. The minimum atomic E-state index is 0. The van der Waals surface area contributed by atoms with E-state index in [1.165, 1.54) is 5.56 Å². The fourth-order valence-electron chi connectivity index (χ4n) is 3.75. The lowest BCUT2D eigenvalue weighted by atomic mass is 9.99. The number of benzene rings is 1. The molecule has 1 saturated heterocycles. The highest BCUT2D eigenvalue weighted by Crippen LogP contribution is 2.26. The third kappa shape index (κ3) is 4.95. The van der Waals surface area contributed by atoms with Crippen LogP contribution in [0.1, 0.15) is 29.3 Å². The molecular formula is C22H27IN6. The van der Waals surface area contributed by atoms with E-state index < -0.39 is 0 Å². The highest BCUT2D eigenvalue weighted by Gasteiger charge is 2.25.